The average molecular weight is 229 g/mol. The molecule has 2 unspecified atom stereocenters. The predicted octanol–water partition coefficient (Wildman–Crippen LogP) is 0.963. The number of primary amides is 1. The molecule has 0 fully saturated rings. The highest BCUT2D eigenvalue weighted by molar-refractivity contribution is 6.01. The van der Waals surface area contributed by atoms with E-state index in [9.17, 15) is 14.4 Å². The molecule has 0 spiro atoms. The summed E-state index contributed by atoms with van der Waals surface area (Å²) in [7, 11) is 0. The van der Waals surface area contributed by atoms with Gasteiger partial charge in [0.25, 0.3) is 0 Å². The molecule has 4 N–H and O–H groups in total. The third-order valence-corrected chi connectivity index (χ3v) is 2.58. The highest BCUT2D eigenvalue weighted by Gasteiger charge is 2.23. The average Bonchev–Trinajstić information content (AvgIpc) is 2.16. The van der Waals surface area contributed by atoms with Crippen LogP contribution in [0.25, 0.3) is 0 Å². The smallest absolute Gasteiger partial charge is 0.329 e. The molecule has 0 rings (SSSR count). The first-order chi connectivity index (χ1) is 7.42. The Morgan fingerprint density at radius 3 is 2.06 bits per heavy atom. The SMILES string of the molecule is CCC(C)C(CC)C(=O)NC(=O)NC(N)=O. The minimum Gasteiger partial charge on any atom is -0.351 e. The van der Waals surface area contributed by atoms with Gasteiger partial charge in [-0.2, -0.15) is 0 Å². The van der Waals surface area contributed by atoms with Crippen molar-refractivity contribution >= 4 is 18.0 Å². The van der Waals surface area contributed by atoms with Crippen molar-refractivity contribution in [3.05, 3.63) is 0 Å². The maximum absolute atomic E-state index is 11.6. The number of nitrogens with one attached hydrogen (secondary N) is 2. The second-order valence-electron chi connectivity index (χ2n) is 3.71. The van der Waals surface area contributed by atoms with Crippen molar-refractivity contribution in [1.29, 1.82) is 0 Å². The number of imide groups is 2. The lowest BCUT2D eigenvalue weighted by Gasteiger charge is -2.19. The van der Waals surface area contributed by atoms with Gasteiger partial charge in [-0.3, -0.25) is 15.4 Å². The minimum absolute atomic E-state index is 0.186. The van der Waals surface area contributed by atoms with Gasteiger partial charge in [0.05, 0.1) is 0 Å². The van der Waals surface area contributed by atoms with E-state index in [1.54, 1.807) is 5.32 Å². The van der Waals surface area contributed by atoms with E-state index in [0.29, 0.717) is 6.42 Å². The summed E-state index contributed by atoms with van der Waals surface area (Å²) in [6, 6.07) is -1.86. The van der Waals surface area contributed by atoms with Crippen molar-refractivity contribution in [3.63, 3.8) is 0 Å². The maximum atomic E-state index is 11.6. The Labute approximate surface area is 94.9 Å². The van der Waals surface area contributed by atoms with Crippen LogP contribution in [0.3, 0.4) is 0 Å². The molecular formula is C10H19N3O3. The first-order valence-corrected chi connectivity index (χ1v) is 5.33. The molecule has 92 valence electrons. The molecule has 0 heterocycles. The normalized spacial score (nSPS) is 13.7. The zero-order valence-electron chi connectivity index (χ0n) is 9.87. The van der Waals surface area contributed by atoms with Crippen LogP contribution in [-0.4, -0.2) is 18.0 Å². The van der Waals surface area contributed by atoms with Crippen molar-refractivity contribution in [2.75, 3.05) is 0 Å². The van der Waals surface area contributed by atoms with Crippen molar-refractivity contribution in [2.45, 2.75) is 33.6 Å². The van der Waals surface area contributed by atoms with Gasteiger partial charge in [-0.05, 0) is 12.3 Å². The van der Waals surface area contributed by atoms with Crippen LogP contribution >= 0.6 is 0 Å². The zero-order valence-corrected chi connectivity index (χ0v) is 9.87. The van der Waals surface area contributed by atoms with Gasteiger partial charge in [0.15, 0.2) is 0 Å². The van der Waals surface area contributed by atoms with Crippen molar-refractivity contribution in [1.82, 2.24) is 10.6 Å². The van der Waals surface area contributed by atoms with Crippen LogP contribution in [0.15, 0.2) is 0 Å². The zero-order chi connectivity index (χ0) is 12.7. The lowest BCUT2D eigenvalue weighted by Crippen LogP contribution is -2.47. The highest BCUT2D eigenvalue weighted by atomic mass is 16.2. The molecule has 0 saturated heterocycles. The predicted molar refractivity (Wildman–Crippen MR) is 59.5 cm³/mol. The molecule has 0 aliphatic rings. The van der Waals surface area contributed by atoms with Gasteiger partial charge in [0.1, 0.15) is 0 Å². The van der Waals surface area contributed by atoms with Crippen LogP contribution in [0.2, 0.25) is 0 Å². The molecule has 0 aliphatic carbocycles. The first-order valence-electron chi connectivity index (χ1n) is 5.33. The highest BCUT2D eigenvalue weighted by Crippen LogP contribution is 2.18. The van der Waals surface area contributed by atoms with Crippen LogP contribution in [0, 0.1) is 11.8 Å². The van der Waals surface area contributed by atoms with E-state index in [1.165, 1.54) is 0 Å². The third kappa shape index (κ3) is 4.77. The second kappa shape index (κ2) is 6.81. The van der Waals surface area contributed by atoms with E-state index >= 15 is 0 Å². The molecule has 0 aromatic carbocycles. The Kier molecular flexibility index (Phi) is 6.14. The summed E-state index contributed by atoms with van der Waals surface area (Å²) in [4.78, 5) is 33.1. The van der Waals surface area contributed by atoms with E-state index in [-0.39, 0.29) is 17.7 Å². The summed E-state index contributed by atoms with van der Waals surface area (Å²) in [5, 5.41) is 3.87. The number of hydrogen-bond donors (Lipinski definition) is 3. The second-order valence-corrected chi connectivity index (χ2v) is 3.71. The van der Waals surface area contributed by atoms with E-state index < -0.39 is 12.1 Å². The lowest BCUT2D eigenvalue weighted by molar-refractivity contribution is -0.125. The van der Waals surface area contributed by atoms with Crippen molar-refractivity contribution in [2.24, 2.45) is 17.6 Å². The number of amides is 5. The molecular weight excluding hydrogens is 210 g/mol. The van der Waals surface area contributed by atoms with Gasteiger partial charge < -0.3 is 5.73 Å². The Morgan fingerprint density at radius 2 is 1.69 bits per heavy atom. The van der Waals surface area contributed by atoms with Gasteiger partial charge >= 0.3 is 12.1 Å². The summed E-state index contributed by atoms with van der Waals surface area (Å²) < 4.78 is 0. The summed E-state index contributed by atoms with van der Waals surface area (Å²) in [6.45, 7) is 5.80. The fraction of sp³-hybridized carbons (Fsp3) is 0.700. The van der Waals surface area contributed by atoms with Crippen LogP contribution in [0.1, 0.15) is 33.6 Å². The van der Waals surface area contributed by atoms with Gasteiger partial charge in [-0.1, -0.05) is 27.2 Å². The van der Waals surface area contributed by atoms with Gasteiger partial charge in [0, 0.05) is 5.92 Å². The number of urea groups is 2. The first kappa shape index (κ1) is 14.4. The summed E-state index contributed by atoms with van der Waals surface area (Å²) in [6.07, 6.45) is 1.49. The van der Waals surface area contributed by atoms with E-state index in [2.05, 4.69) is 5.32 Å². The minimum atomic E-state index is -0.984. The van der Waals surface area contributed by atoms with Gasteiger partial charge in [-0.25, -0.2) is 9.59 Å². The molecule has 0 radical (unpaired) electrons. The fourth-order valence-electron chi connectivity index (χ4n) is 1.48. The van der Waals surface area contributed by atoms with Gasteiger partial charge in [-0.15, -0.1) is 0 Å². The Hall–Kier alpha value is -1.59. The quantitative estimate of drug-likeness (QED) is 0.669. The Balaban J connectivity index is 4.31. The molecule has 0 saturated carbocycles. The molecule has 0 bridgehead atoms. The molecule has 6 nitrogen and oxygen atoms in total. The number of carbonyl (C=O) groups excluding carboxylic acids is 3. The summed E-state index contributed by atoms with van der Waals surface area (Å²) >= 11 is 0. The summed E-state index contributed by atoms with van der Waals surface area (Å²) in [5.74, 6) is -0.425. The largest absolute Gasteiger partial charge is 0.351 e. The molecule has 0 aromatic rings. The molecule has 2 atom stereocenters. The standard InChI is InChI=1S/C10H19N3O3/c1-4-6(3)7(5-2)8(14)12-10(16)13-9(11)15/h6-7H,4-5H2,1-3H3,(H4,11,12,13,14,15,16). The maximum Gasteiger partial charge on any atom is 0.329 e. The molecule has 5 amide bonds. The molecule has 0 aromatic heterocycles. The molecule has 16 heavy (non-hydrogen) atoms. The number of nitrogens with two attached hydrogens (primary N) is 1. The number of rotatable bonds is 4. The van der Waals surface area contributed by atoms with Crippen molar-refractivity contribution in [3.8, 4) is 0 Å². The fourth-order valence-corrected chi connectivity index (χ4v) is 1.48. The lowest BCUT2D eigenvalue weighted by atomic mass is 9.89. The van der Waals surface area contributed by atoms with Crippen LogP contribution in [0.4, 0.5) is 9.59 Å². The van der Waals surface area contributed by atoms with E-state index in [4.69, 9.17) is 5.73 Å². The topological polar surface area (TPSA) is 101 Å². The Morgan fingerprint density at radius 1 is 1.12 bits per heavy atom. The number of carbonyl (C=O) groups is 3. The molecule has 0 aliphatic heterocycles. The van der Waals surface area contributed by atoms with Crippen LogP contribution < -0.4 is 16.4 Å². The number of hydrogen-bond acceptors (Lipinski definition) is 3. The molecule has 6 heteroatoms. The Bertz CT molecular complexity index is 278. The third-order valence-electron chi connectivity index (χ3n) is 2.58. The van der Waals surface area contributed by atoms with Crippen molar-refractivity contribution < 1.29 is 14.4 Å². The van der Waals surface area contributed by atoms with E-state index in [0.717, 1.165) is 6.42 Å². The van der Waals surface area contributed by atoms with E-state index in [1.807, 2.05) is 20.8 Å². The van der Waals surface area contributed by atoms with Crippen LogP contribution in [0.5, 0.6) is 0 Å². The summed E-state index contributed by atoms with van der Waals surface area (Å²) in [5.41, 5.74) is 4.74. The van der Waals surface area contributed by atoms with Gasteiger partial charge in [0.2, 0.25) is 5.91 Å². The van der Waals surface area contributed by atoms with Crippen LogP contribution in [-0.2, 0) is 4.79 Å². The monoisotopic (exact) mass is 229 g/mol.